The highest BCUT2D eigenvalue weighted by Gasteiger charge is 2.31. The number of methoxy groups -OCH3 is 1. The molecule has 1 N–H and O–H groups in total. The van der Waals surface area contributed by atoms with Crippen molar-refractivity contribution in [3.8, 4) is 22.8 Å². The monoisotopic (exact) mass is 473 g/mol. The number of benzene rings is 2. The molecule has 1 aliphatic heterocycles. The molecule has 2 amide bonds. The number of para-hydroxylation sites is 1. The van der Waals surface area contributed by atoms with Crippen LogP contribution in [-0.2, 0) is 0 Å². The molecule has 2 heterocycles. The Hall–Kier alpha value is -4.02. The molecule has 0 spiro atoms. The number of halogens is 3. The Morgan fingerprint density at radius 3 is 2.26 bits per heavy atom. The summed E-state index contributed by atoms with van der Waals surface area (Å²) in [6.45, 7) is 2.04. The molecule has 178 valence electrons. The number of nitrogens with zero attached hydrogens (tertiary/aromatic N) is 4. The quantitative estimate of drug-likeness (QED) is 0.592. The number of piperazine rings is 1. The smallest absolute Gasteiger partial charge is 0.496 e. The summed E-state index contributed by atoms with van der Waals surface area (Å²) in [5, 5.41) is 11.3. The molecule has 2 aromatic carbocycles. The molecule has 0 unspecified atom stereocenters. The number of hydrogen-bond acceptors (Lipinski definition) is 6. The van der Waals surface area contributed by atoms with Crippen molar-refractivity contribution in [1.29, 1.82) is 0 Å². The summed E-state index contributed by atoms with van der Waals surface area (Å²) in [4.78, 5) is 16.2. The predicted octanol–water partition coefficient (Wildman–Crippen LogP) is 4.40. The molecule has 3 aromatic rings. The Balaban J connectivity index is 1.31. The summed E-state index contributed by atoms with van der Waals surface area (Å²) >= 11 is 0. The minimum atomic E-state index is -4.76. The zero-order chi connectivity index (χ0) is 24.1. The number of alkyl halides is 3. The van der Waals surface area contributed by atoms with E-state index in [-0.39, 0.29) is 11.8 Å². The highest BCUT2D eigenvalue weighted by atomic mass is 19.4. The predicted molar refractivity (Wildman–Crippen MR) is 120 cm³/mol. The van der Waals surface area contributed by atoms with Crippen LogP contribution in [0.3, 0.4) is 0 Å². The second kappa shape index (κ2) is 9.86. The second-order valence-electron chi connectivity index (χ2n) is 7.45. The average molecular weight is 473 g/mol. The maximum absolute atomic E-state index is 12.5. The van der Waals surface area contributed by atoms with Crippen molar-refractivity contribution in [2.24, 2.45) is 0 Å². The van der Waals surface area contributed by atoms with Crippen LogP contribution in [0.2, 0.25) is 0 Å². The lowest BCUT2D eigenvalue weighted by molar-refractivity contribution is -0.274. The zero-order valence-corrected chi connectivity index (χ0v) is 18.2. The Morgan fingerprint density at radius 2 is 1.65 bits per heavy atom. The first kappa shape index (κ1) is 23.1. The number of anilines is 2. The molecule has 4 rings (SSSR count). The maximum Gasteiger partial charge on any atom is 0.573 e. The molecule has 11 heteroatoms. The largest absolute Gasteiger partial charge is 0.573 e. The molecule has 1 saturated heterocycles. The SMILES string of the molecule is COc1ccccc1-c1ccc(N2CCN(C(=O)Nc3ccc(OC(F)(F)F)cc3)CC2)nn1. The number of nitrogens with one attached hydrogen (secondary N) is 1. The van der Waals surface area contributed by atoms with E-state index in [1.165, 1.54) is 12.1 Å². The van der Waals surface area contributed by atoms with Crippen LogP contribution in [0.25, 0.3) is 11.3 Å². The molecule has 0 saturated carbocycles. The van der Waals surface area contributed by atoms with Crippen LogP contribution in [0, 0.1) is 0 Å². The van der Waals surface area contributed by atoms with Crippen LogP contribution in [0.15, 0.2) is 60.7 Å². The molecule has 0 atom stereocenters. The summed E-state index contributed by atoms with van der Waals surface area (Å²) in [6, 6.07) is 16.0. The van der Waals surface area contributed by atoms with Gasteiger partial charge in [-0.2, -0.15) is 0 Å². The van der Waals surface area contributed by atoms with Crippen LogP contribution in [0.5, 0.6) is 11.5 Å². The number of urea groups is 1. The van der Waals surface area contributed by atoms with Crippen LogP contribution in [0.4, 0.5) is 29.5 Å². The van der Waals surface area contributed by atoms with Crippen molar-refractivity contribution in [2.75, 3.05) is 43.5 Å². The van der Waals surface area contributed by atoms with Crippen molar-refractivity contribution >= 4 is 17.5 Å². The van der Waals surface area contributed by atoms with Gasteiger partial charge in [0.2, 0.25) is 0 Å². The van der Waals surface area contributed by atoms with E-state index in [2.05, 4.69) is 20.3 Å². The Kier molecular flexibility index (Phi) is 6.71. The fourth-order valence-corrected chi connectivity index (χ4v) is 3.57. The molecule has 0 bridgehead atoms. The topological polar surface area (TPSA) is 79.8 Å². The standard InChI is InChI=1S/C23H22F3N5O3/c1-33-20-5-3-2-4-18(20)19-10-11-21(29-28-19)30-12-14-31(15-13-30)22(32)27-16-6-8-17(9-7-16)34-23(24,25)26/h2-11H,12-15H2,1H3,(H,27,32). The van der Waals surface area contributed by atoms with Crippen molar-refractivity contribution in [3.63, 3.8) is 0 Å². The van der Waals surface area contributed by atoms with Crippen LogP contribution < -0.4 is 19.7 Å². The Morgan fingerprint density at radius 1 is 0.941 bits per heavy atom. The van der Waals surface area contributed by atoms with Crippen LogP contribution in [-0.4, -0.2) is 60.8 Å². The van der Waals surface area contributed by atoms with Gasteiger partial charge in [0, 0.05) is 37.4 Å². The van der Waals surface area contributed by atoms with Gasteiger partial charge in [-0.25, -0.2) is 4.79 Å². The lowest BCUT2D eigenvalue weighted by Gasteiger charge is -2.35. The zero-order valence-electron chi connectivity index (χ0n) is 18.2. The summed E-state index contributed by atoms with van der Waals surface area (Å²) in [5.41, 5.74) is 1.93. The van der Waals surface area contributed by atoms with E-state index in [0.29, 0.717) is 49.1 Å². The number of ether oxygens (including phenoxy) is 2. The normalized spacial score (nSPS) is 14.0. The van der Waals surface area contributed by atoms with Gasteiger partial charge in [0.05, 0.1) is 12.8 Å². The molecule has 1 fully saturated rings. The fraction of sp³-hybridized carbons (Fsp3) is 0.261. The van der Waals surface area contributed by atoms with Crippen LogP contribution in [0.1, 0.15) is 0 Å². The highest BCUT2D eigenvalue weighted by molar-refractivity contribution is 5.89. The molecule has 34 heavy (non-hydrogen) atoms. The number of carbonyl (C=O) groups is 1. The first-order valence-electron chi connectivity index (χ1n) is 10.5. The molecule has 1 aliphatic rings. The minimum Gasteiger partial charge on any atom is -0.496 e. The van der Waals surface area contributed by atoms with Gasteiger partial charge in [-0.3, -0.25) is 0 Å². The highest BCUT2D eigenvalue weighted by Crippen LogP contribution is 2.28. The van der Waals surface area contributed by atoms with Crippen molar-refractivity contribution < 1.29 is 27.4 Å². The van der Waals surface area contributed by atoms with Crippen molar-refractivity contribution in [2.45, 2.75) is 6.36 Å². The summed E-state index contributed by atoms with van der Waals surface area (Å²) in [5.74, 6) is 1.07. The number of hydrogen-bond donors (Lipinski definition) is 1. The maximum atomic E-state index is 12.5. The van der Waals surface area contributed by atoms with Gasteiger partial charge in [-0.1, -0.05) is 12.1 Å². The molecule has 1 aromatic heterocycles. The third-order valence-electron chi connectivity index (χ3n) is 5.26. The van der Waals surface area contributed by atoms with Gasteiger partial charge in [0.15, 0.2) is 5.82 Å². The third kappa shape index (κ3) is 5.66. The number of aromatic nitrogens is 2. The van der Waals surface area contributed by atoms with Gasteiger partial charge >= 0.3 is 12.4 Å². The number of amides is 2. The molecular formula is C23H22F3N5O3. The van der Waals surface area contributed by atoms with Gasteiger partial charge in [0.1, 0.15) is 11.5 Å². The summed E-state index contributed by atoms with van der Waals surface area (Å²) in [7, 11) is 1.60. The molecule has 0 radical (unpaired) electrons. The third-order valence-corrected chi connectivity index (χ3v) is 5.26. The van der Waals surface area contributed by atoms with E-state index in [1.54, 1.807) is 12.0 Å². The Bertz CT molecular complexity index is 1120. The van der Waals surface area contributed by atoms with Gasteiger partial charge in [0.25, 0.3) is 0 Å². The van der Waals surface area contributed by atoms with Crippen molar-refractivity contribution in [1.82, 2.24) is 15.1 Å². The van der Waals surface area contributed by atoms with Gasteiger partial charge in [-0.05, 0) is 48.5 Å². The average Bonchev–Trinajstić information content (AvgIpc) is 2.84. The lowest BCUT2D eigenvalue weighted by Crippen LogP contribution is -2.50. The summed E-state index contributed by atoms with van der Waals surface area (Å²) in [6.07, 6.45) is -4.76. The fourth-order valence-electron chi connectivity index (χ4n) is 3.57. The van der Waals surface area contributed by atoms with Gasteiger partial charge in [-0.15, -0.1) is 23.4 Å². The number of carbonyl (C=O) groups excluding carboxylic acids is 1. The van der Waals surface area contributed by atoms with E-state index < -0.39 is 6.36 Å². The van der Waals surface area contributed by atoms with E-state index in [9.17, 15) is 18.0 Å². The molecular weight excluding hydrogens is 451 g/mol. The van der Waals surface area contributed by atoms with Crippen LogP contribution >= 0.6 is 0 Å². The van der Waals surface area contributed by atoms with Crippen molar-refractivity contribution in [3.05, 3.63) is 60.7 Å². The first-order valence-corrected chi connectivity index (χ1v) is 10.5. The first-order chi connectivity index (χ1) is 16.3. The Labute approximate surface area is 193 Å². The van der Waals surface area contributed by atoms with E-state index in [4.69, 9.17) is 4.74 Å². The summed E-state index contributed by atoms with van der Waals surface area (Å²) < 4.78 is 46.0. The van der Waals surface area contributed by atoms with E-state index in [0.717, 1.165) is 17.7 Å². The minimum absolute atomic E-state index is 0.332. The molecule has 8 nitrogen and oxygen atoms in total. The lowest BCUT2D eigenvalue weighted by atomic mass is 10.1. The van der Waals surface area contributed by atoms with E-state index >= 15 is 0 Å². The van der Waals surface area contributed by atoms with E-state index in [1.807, 2.05) is 41.3 Å². The van der Waals surface area contributed by atoms with Gasteiger partial charge < -0.3 is 24.6 Å². The second-order valence-corrected chi connectivity index (χ2v) is 7.45. The number of rotatable bonds is 5. The molecule has 0 aliphatic carbocycles.